The molecule has 0 spiro atoms. The Labute approximate surface area is 341 Å². The summed E-state index contributed by atoms with van der Waals surface area (Å²) < 4.78 is 92.4. The minimum absolute atomic E-state index is 0.0453. The lowest BCUT2D eigenvalue weighted by Gasteiger charge is -2.13. The third kappa shape index (κ3) is 10.2. The lowest BCUT2D eigenvalue weighted by molar-refractivity contribution is 0.473. The van der Waals surface area contributed by atoms with E-state index in [1.54, 1.807) is 24.3 Å². The summed E-state index contributed by atoms with van der Waals surface area (Å²) in [6, 6.07) is 20.1. The fourth-order valence-corrected chi connectivity index (χ4v) is 7.69. The molecule has 0 saturated carbocycles. The molecule has 0 atom stereocenters. The molecule has 20 nitrogen and oxygen atoms in total. The van der Waals surface area contributed by atoms with Gasteiger partial charge in [0.2, 0.25) is 17.2 Å². The van der Waals surface area contributed by atoms with E-state index in [1.807, 2.05) is 6.07 Å². The number of phenols is 2. The summed E-state index contributed by atoms with van der Waals surface area (Å²) in [6.45, 7) is 2.99. The molecule has 6 aromatic rings. The van der Waals surface area contributed by atoms with Gasteiger partial charge in [0, 0.05) is 28.2 Å². The molecule has 1 heterocycles. The van der Waals surface area contributed by atoms with Crippen LogP contribution >= 0.6 is 11.6 Å². The number of anilines is 5. The molecule has 0 saturated heterocycles. The van der Waals surface area contributed by atoms with Crippen LogP contribution in [0.25, 0.3) is 10.8 Å². The molecule has 24 heteroatoms. The number of rotatable bonds is 14. The number of nitrogens with one attached hydrogen (secondary N) is 3. The lowest BCUT2D eigenvalue weighted by Crippen LogP contribution is -2.13. The molecule has 0 aliphatic heterocycles. The molecular weight excluding hydrogens is 852 g/mol. The third-order valence-corrected chi connectivity index (χ3v) is 11.7. The standard InChI is InChI=1S/C35H31ClN10O10S3/c1-3-57(49,50)30-17-28(47)26(15-19(30)2)44-43-25-13-10-22-23(32(25)48)11-12-24(37-18-58(51,52)53)31(22)46-45-27-16-21(9-14-29(27)59(54,55)56)39-35-41-33(36)40-34(42-35)38-20-7-5-4-6-8-20/h4-17,37,47-48H,3,18H2,1-2H3,(H,51,52,53)(H,54,55,56)(H2,38,39,40,41,42)/b44-43+,46-45+. The van der Waals surface area contributed by atoms with Crippen LogP contribution in [-0.2, 0) is 30.1 Å². The molecule has 1 aromatic heterocycles. The molecule has 0 amide bonds. The van der Waals surface area contributed by atoms with Crippen molar-refractivity contribution in [3.8, 4) is 11.5 Å². The molecule has 0 aliphatic carbocycles. The van der Waals surface area contributed by atoms with Gasteiger partial charge in [-0.15, -0.1) is 20.5 Å². The van der Waals surface area contributed by atoms with Gasteiger partial charge in [0.05, 0.1) is 16.3 Å². The normalized spacial score (nSPS) is 12.4. The van der Waals surface area contributed by atoms with E-state index in [1.165, 1.54) is 56.3 Å². The van der Waals surface area contributed by atoms with Crippen LogP contribution in [-0.4, -0.2) is 71.2 Å². The Balaban J connectivity index is 1.39. The largest absolute Gasteiger partial charge is 0.506 e. The van der Waals surface area contributed by atoms with E-state index in [-0.39, 0.29) is 67.0 Å². The number of hydrogen-bond donors (Lipinski definition) is 7. The Kier molecular flexibility index (Phi) is 12.1. The van der Waals surface area contributed by atoms with Crippen molar-refractivity contribution in [2.45, 2.75) is 23.6 Å². The number of nitrogens with zero attached hydrogens (tertiary/aromatic N) is 7. The summed E-state index contributed by atoms with van der Waals surface area (Å²) in [4.78, 5) is 11.6. The first-order valence-corrected chi connectivity index (χ1v) is 21.9. The van der Waals surface area contributed by atoms with E-state index in [0.717, 1.165) is 12.1 Å². The molecule has 6 rings (SSSR count). The van der Waals surface area contributed by atoms with Gasteiger partial charge in [-0.05, 0) is 84.8 Å². The molecule has 306 valence electrons. The van der Waals surface area contributed by atoms with Gasteiger partial charge >= 0.3 is 0 Å². The summed E-state index contributed by atoms with van der Waals surface area (Å²) in [6.07, 6.45) is 0. The van der Waals surface area contributed by atoms with Crippen molar-refractivity contribution >= 4 is 104 Å². The molecule has 0 fully saturated rings. The number of phenolic OH excluding ortho intramolecular Hbond substituents is 2. The van der Waals surface area contributed by atoms with Gasteiger partial charge in [-0.1, -0.05) is 25.1 Å². The maximum Gasteiger partial charge on any atom is 0.296 e. The molecule has 59 heavy (non-hydrogen) atoms. The Bertz CT molecular complexity index is 3010. The Morgan fingerprint density at radius 3 is 1.98 bits per heavy atom. The first-order chi connectivity index (χ1) is 27.8. The summed E-state index contributed by atoms with van der Waals surface area (Å²) in [5.41, 5.74) is 0.277. The highest BCUT2D eigenvalue weighted by Gasteiger charge is 2.21. The number of benzene rings is 5. The molecule has 0 radical (unpaired) electrons. The van der Waals surface area contributed by atoms with E-state index in [0.29, 0.717) is 11.3 Å². The van der Waals surface area contributed by atoms with Gasteiger partial charge in [0.1, 0.15) is 39.3 Å². The molecule has 7 N–H and O–H groups in total. The van der Waals surface area contributed by atoms with Gasteiger partial charge in [-0.25, -0.2) is 8.42 Å². The highest BCUT2D eigenvalue weighted by atomic mass is 35.5. The van der Waals surface area contributed by atoms with Crippen LogP contribution in [0.5, 0.6) is 11.5 Å². The van der Waals surface area contributed by atoms with Gasteiger partial charge in [0.15, 0.2) is 15.6 Å². The number of aromatic nitrogens is 3. The zero-order chi connectivity index (χ0) is 42.7. The fraction of sp³-hybridized carbons (Fsp3) is 0.114. The molecule has 0 unspecified atom stereocenters. The minimum atomic E-state index is -4.91. The summed E-state index contributed by atoms with van der Waals surface area (Å²) in [5.74, 6) is -2.10. The van der Waals surface area contributed by atoms with E-state index < -0.39 is 58.0 Å². The van der Waals surface area contributed by atoms with Crippen LogP contribution in [0.1, 0.15) is 12.5 Å². The Morgan fingerprint density at radius 1 is 0.678 bits per heavy atom. The van der Waals surface area contributed by atoms with Crippen LogP contribution < -0.4 is 16.0 Å². The van der Waals surface area contributed by atoms with Crippen LogP contribution in [0.4, 0.5) is 51.7 Å². The summed E-state index contributed by atoms with van der Waals surface area (Å²) in [7, 11) is -13.1. The maximum atomic E-state index is 12.4. The number of azo groups is 2. The van der Waals surface area contributed by atoms with E-state index in [9.17, 15) is 44.6 Å². The smallest absolute Gasteiger partial charge is 0.296 e. The monoisotopic (exact) mass is 882 g/mol. The number of halogens is 1. The molecule has 0 aliphatic rings. The molecular formula is C35H31ClN10O10S3. The Morgan fingerprint density at radius 2 is 1.32 bits per heavy atom. The molecule has 0 bridgehead atoms. The van der Waals surface area contributed by atoms with Gasteiger partial charge in [0.25, 0.3) is 20.2 Å². The minimum Gasteiger partial charge on any atom is -0.506 e. The fourth-order valence-electron chi connectivity index (χ4n) is 5.44. The highest BCUT2D eigenvalue weighted by Crippen LogP contribution is 2.44. The van der Waals surface area contributed by atoms with Gasteiger partial charge in [-0.3, -0.25) is 9.11 Å². The maximum absolute atomic E-state index is 12.4. The van der Waals surface area contributed by atoms with Crippen molar-refractivity contribution in [3.63, 3.8) is 0 Å². The Hall–Kier alpha value is -6.37. The van der Waals surface area contributed by atoms with Crippen molar-refractivity contribution < 1.29 is 44.6 Å². The van der Waals surface area contributed by atoms with Crippen molar-refractivity contribution in [2.75, 3.05) is 27.6 Å². The lowest BCUT2D eigenvalue weighted by atomic mass is 10.1. The zero-order valence-corrected chi connectivity index (χ0v) is 33.7. The number of para-hydroxylation sites is 1. The third-order valence-electron chi connectivity index (χ3n) is 8.21. The predicted molar refractivity (Wildman–Crippen MR) is 219 cm³/mol. The van der Waals surface area contributed by atoms with Crippen molar-refractivity contribution in [1.29, 1.82) is 0 Å². The second-order valence-corrected chi connectivity index (χ2v) is 17.8. The summed E-state index contributed by atoms with van der Waals surface area (Å²) >= 11 is 6.13. The van der Waals surface area contributed by atoms with Crippen molar-refractivity contribution in [1.82, 2.24) is 15.0 Å². The van der Waals surface area contributed by atoms with E-state index in [2.05, 4.69) is 51.4 Å². The first-order valence-electron chi connectivity index (χ1n) is 16.8. The summed E-state index contributed by atoms with van der Waals surface area (Å²) in [5, 5.41) is 46.4. The number of sulfone groups is 1. The number of hydrogen-bond acceptors (Lipinski definition) is 18. The predicted octanol–water partition coefficient (Wildman–Crippen LogP) is 8.01. The SMILES string of the molecule is CCS(=O)(=O)c1cc(O)c(/N=N/c2ccc3c(/N=N/c4cc(Nc5nc(Cl)nc(Nc6ccccc6)n5)ccc4S(=O)(=O)O)c(NCS(=O)(=O)O)ccc3c2O)cc1C. The second-order valence-electron chi connectivity index (χ2n) is 12.3. The first kappa shape index (κ1) is 42.2. The zero-order valence-electron chi connectivity index (χ0n) is 30.5. The van der Waals surface area contributed by atoms with Gasteiger partial charge in [-0.2, -0.15) is 31.8 Å². The second kappa shape index (κ2) is 16.8. The van der Waals surface area contributed by atoms with Gasteiger partial charge < -0.3 is 26.2 Å². The number of aryl methyl sites for hydroxylation is 1. The average molecular weight is 883 g/mol. The average Bonchev–Trinajstić information content (AvgIpc) is 3.16. The number of fused-ring (bicyclic) bond motifs is 1. The molecule has 5 aromatic carbocycles. The van der Waals surface area contributed by atoms with Crippen LogP contribution in [0, 0.1) is 6.92 Å². The van der Waals surface area contributed by atoms with Crippen LogP contribution in [0.3, 0.4) is 0 Å². The quantitative estimate of drug-likeness (QED) is 0.0402. The highest BCUT2D eigenvalue weighted by molar-refractivity contribution is 7.91. The van der Waals surface area contributed by atoms with Crippen LogP contribution in [0.2, 0.25) is 5.28 Å². The van der Waals surface area contributed by atoms with Crippen molar-refractivity contribution in [3.05, 3.63) is 95.8 Å². The van der Waals surface area contributed by atoms with E-state index in [4.69, 9.17) is 11.6 Å². The van der Waals surface area contributed by atoms with Crippen LogP contribution in [0.15, 0.2) is 115 Å². The van der Waals surface area contributed by atoms with E-state index >= 15 is 0 Å². The van der Waals surface area contributed by atoms with Crippen molar-refractivity contribution in [2.24, 2.45) is 20.5 Å². The topological polar surface area (TPSA) is 308 Å². The number of aromatic hydroxyl groups is 2.